The van der Waals surface area contributed by atoms with Crippen LogP contribution >= 0.6 is 0 Å². The Labute approximate surface area is 186 Å². The van der Waals surface area contributed by atoms with E-state index in [4.69, 9.17) is 9.47 Å². The Bertz CT molecular complexity index is 1180. The first kappa shape index (κ1) is 20.2. The molecule has 0 N–H and O–H groups in total. The Morgan fingerprint density at radius 3 is 1.91 bits per heavy atom. The molecule has 0 atom stereocenters. The molecule has 1 aliphatic carbocycles. The lowest BCUT2D eigenvalue weighted by Gasteiger charge is -2.18. The summed E-state index contributed by atoms with van der Waals surface area (Å²) in [6.07, 6.45) is 1.88. The van der Waals surface area contributed by atoms with Crippen LogP contribution in [0.15, 0.2) is 91.0 Å². The molecule has 4 aromatic rings. The highest BCUT2D eigenvalue weighted by atomic mass is 19.1. The standard InChI is InChI=1S/C27H23FN2O2/c28-23-13-11-22(12-14-23)27(15-16-27)25-17-24(31-18-20-7-3-1-4-8-20)26(30-29-25)32-19-21-9-5-2-6-10-21/h1-14,17H,15-16,18-19H2. The number of nitrogens with zero attached hydrogens (tertiary/aromatic N) is 2. The van der Waals surface area contributed by atoms with E-state index in [1.54, 1.807) is 0 Å². The van der Waals surface area contributed by atoms with Crippen molar-refractivity contribution < 1.29 is 13.9 Å². The summed E-state index contributed by atoms with van der Waals surface area (Å²) in [6, 6.07) is 28.4. The third-order valence-corrected chi connectivity index (χ3v) is 5.82. The van der Waals surface area contributed by atoms with Crippen LogP contribution in [0.4, 0.5) is 4.39 Å². The smallest absolute Gasteiger partial charge is 0.276 e. The maximum absolute atomic E-state index is 13.4. The van der Waals surface area contributed by atoms with Gasteiger partial charge in [-0.15, -0.1) is 5.10 Å². The van der Waals surface area contributed by atoms with Crippen LogP contribution in [0.5, 0.6) is 11.6 Å². The van der Waals surface area contributed by atoms with E-state index in [0.717, 1.165) is 35.2 Å². The van der Waals surface area contributed by atoms with E-state index >= 15 is 0 Å². The highest BCUT2D eigenvalue weighted by Crippen LogP contribution is 2.53. The molecular formula is C27H23FN2O2. The number of ether oxygens (including phenoxy) is 2. The van der Waals surface area contributed by atoms with Gasteiger partial charge in [-0.25, -0.2) is 4.39 Å². The first-order valence-corrected chi connectivity index (χ1v) is 10.7. The first-order valence-electron chi connectivity index (χ1n) is 10.7. The third-order valence-electron chi connectivity index (χ3n) is 5.82. The van der Waals surface area contributed by atoms with Gasteiger partial charge in [0.15, 0.2) is 5.75 Å². The SMILES string of the molecule is Fc1ccc(C2(c3cc(OCc4ccccc4)c(OCc4ccccc4)nn3)CC2)cc1. The number of hydrogen-bond donors (Lipinski definition) is 0. The zero-order chi connectivity index (χ0) is 21.8. The van der Waals surface area contributed by atoms with Crippen molar-refractivity contribution in [2.75, 3.05) is 0 Å². The maximum atomic E-state index is 13.4. The molecule has 4 nitrogen and oxygen atoms in total. The van der Waals surface area contributed by atoms with Crippen molar-refractivity contribution in [3.63, 3.8) is 0 Å². The first-order chi connectivity index (χ1) is 15.7. The maximum Gasteiger partial charge on any atom is 0.276 e. The average Bonchev–Trinajstić information content (AvgIpc) is 3.65. The Morgan fingerprint density at radius 2 is 1.31 bits per heavy atom. The predicted octanol–water partition coefficient (Wildman–Crippen LogP) is 5.85. The molecule has 0 bridgehead atoms. The van der Waals surface area contributed by atoms with Gasteiger partial charge in [-0.3, -0.25) is 0 Å². The third kappa shape index (κ3) is 4.33. The second-order valence-electron chi connectivity index (χ2n) is 8.04. The van der Waals surface area contributed by atoms with Crippen LogP contribution in [-0.2, 0) is 18.6 Å². The molecule has 1 aliphatic rings. The zero-order valence-corrected chi connectivity index (χ0v) is 17.6. The van der Waals surface area contributed by atoms with Gasteiger partial charge in [0, 0.05) is 11.5 Å². The van der Waals surface area contributed by atoms with Crippen LogP contribution in [0.1, 0.15) is 35.2 Å². The van der Waals surface area contributed by atoms with E-state index < -0.39 is 0 Å². The molecule has 160 valence electrons. The molecule has 0 aliphatic heterocycles. The second-order valence-corrected chi connectivity index (χ2v) is 8.04. The van der Waals surface area contributed by atoms with Crippen molar-refractivity contribution in [2.24, 2.45) is 0 Å². The van der Waals surface area contributed by atoms with E-state index in [0.29, 0.717) is 24.8 Å². The summed E-state index contributed by atoms with van der Waals surface area (Å²) in [5, 5.41) is 8.87. The van der Waals surface area contributed by atoms with Crippen molar-refractivity contribution in [3.05, 3.63) is 119 Å². The van der Waals surface area contributed by atoms with Crippen molar-refractivity contribution in [1.82, 2.24) is 10.2 Å². The molecule has 5 heteroatoms. The van der Waals surface area contributed by atoms with Crippen molar-refractivity contribution in [2.45, 2.75) is 31.5 Å². The number of aromatic nitrogens is 2. The van der Waals surface area contributed by atoms with Crippen LogP contribution in [0.2, 0.25) is 0 Å². The van der Waals surface area contributed by atoms with E-state index in [-0.39, 0.29) is 11.2 Å². The van der Waals surface area contributed by atoms with Gasteiger partial charge in [-0.1, -0.05) is 72.8 Å². The predicted molar refractivity (Wildman–Crippen MR) is 120 cm³/mol. The summed E-state index contributed by atoms with van der Waals surface area (Å²) in [5.74, 6) is 0.679. The molecule has 0 unspecified atom stereocenters. The average molecular weight is 426 g/mol. The van der Waals surface area contributed by atoms with Crippen LogP contribution in [0, 0.1) is 5.82 Å². The van der Waals surface area contributed by atoms with Gasteiger partial charge in [-0.2, -0.15) is 5.10 Å². The fourth-order valence-corrected chi connectivity index (χ4v) is 3.85. The minimum Gasteiger partial charge on any atom is -0.483 e. The lowest BCUT2D eigenvalue weighted by Crippen LogP contribution is -2.13. The monoisotopic (exact) mass is 426 g/mol. The summed E-state index contributed by atoms with van der Waals surface area (Å²) in [7, 11) is 0. The molecule has 1 heterocycles. The molecule has 32 heavy (non-hydrogen) atoms. The molecule has 0 radical (unpaired) electrons. The van der Waals surface area contributed by atoms with Crippen LogP contribution in [0.25, 0.3) is 0 Å². The Kier molecular flexibility index (Phi) is 5.55. The van der Waals surface area contributed by atoms with E-state index in [9.17, 15) is 4.39 Å². The van der Waals surface area contributed by atoms with Crippen molar-refractivity contribution in [1.29, 1.82) is 0 Å². The number of halogens is 1. The molecule has 1 aromatic heterocycles. The molecule has 3 aromatic carbocycles. The Morgan fingerprint density at radius 1 is 0.719 bits per heavy atom. The second kappa shape index (κ2) is 8.79. The summed E-state index contributed by atoms with van der Waals surface area (Å²) >= 11 is 0. The van der Waals surface area contributed by atoms with Crippen LogP contribution in [-0.4, -0.2) is 10.2 Å². The number of hydrogen-bond acceptors (Lipinski definition) is 4. The van der Waals surface area contributed by atoms with Gasteiger partial charge in [0.25, 0.3) is 5.88 Å². The van der Waals surface area contributed by atoms with E-state index in [1.165, 1.54) is 12.1 Å². The Balaban J connectivity index is 1.43. The summed E-state index contributed by atoms with van der Waals surface area (Å²) in [4.78, 5) is 0. The topological polar surface area (TPSA) is 44.2 Å². The molecule has 1 fully saturated rings. The largest absolute Gasteiger partial charge is 0.483 e. The van der Waals surface area contributed by atoms with Crippen LogP contribution < -0.4 is 9.47 Å². The quantitative estimate of drug-likeness (QED) is 0.354. The molecule has 0 saturated heterocycles. The fourth-order valence-electron chi connectivity index (χ4n) is 3.85. The van der Waals surface area contributed by atoms with Gasteiger partial charge in [0.05, 0.1) is 5.69 Å². The highest BCUT2D eigenvalue weighted by molar-refractivity contribution is 5.45. The van der Waals surface area contributed by atoms with Gasteiger partial charge in [-0.05, 0) is 41.7 Å². The van der Waals surface area contributed by atoms with Gasteiger partial charge < -0.3 is 9.47 Å². The molecule has 1 saturated carbocycles. The lowest BCUT2D eigenvalue weighted by molar-refractivity contribution is 0.243. The molecule has 5 rings (SSSR count). The van der Waals surface area contributed by atoms with Crippen LogP contribution in [0.3, 0.4) is 0 Å². The minimum atomic E-state index is -0.247. The summed E-state index contributed by atoms with van der Waals surface area (Å²) < 4.78 is 25.6. The van der Waals surface area contributed by atoms with E-state index in [1.807, 2.05) is 78.9 Å². The van der Waals surface area contributed by atoms with Gasteiger partial charge in [0.2, 0.25) is 0 Å². The Hall–Kier alpha value is -3.73. The summed E-state index contributed by atoms with van der Waals surface area (Å²) in [5.41, 5.74) is 3.71. The fraction of sp³-hybridized carbons (Fsp3) is 0.185. The normalized spacial score (nSPS) is 14.0. The zero-order valence-electron chi connectivity index (χ0n) is 17.6. The molecular weight excluding hydrogens is 403 g/mol. The van der Waals surface area contributed by atoms with Crippen molar-refractivity contribution in [3.8, 4) is 11.6 Å². The van der Waals surface area contributed by atoms with E-state index in [2.05, 4.69) is 10.2 Å². The molecule has 0 amide bonds. The molecule has 0 spiro atoms. The van der Waals surface area contributed by atoms with Crippen molar-refractivity contribution >= 4 is 0 Å². The van der Waals surface area contributed by atoms with Gasteiger partial charge in [0.1, 0.15) is 19.0 Å². The lowest BCUT2D eigenvalue weighted by atomic mass is 9.92. The van der Waals surface area contributed by atoms with Gasteiger partial charge >= 0.3 is 0 Å². The highest BCUT2D eigenvalue weighted by Gasteiger charge is 2.48. The number of benzene rings is 3. The minimum absolute atomic E-state index is 0.243. The summed E-state index contributed by atoms with van der Waals surface area (Å²) in [6.45, 7) is 0.775. The number of rotatable bonds is 8.